The van der Waals surface area contributed by atoms with Crippen LogP contribution in [0.3, 0.4) is 0 Å². The van der Waals surface area contributed by atoms with Crippen molar-refractivity contribution in [3.8, 4) is 11.1 Å². The highest BCUT2D eigenvalue weighted by atomic mass is 32.2. The number of rotatable bonds is 32. The first-order chi connectivity index (χ1) is 35.3. The third kappa shape index (κ3) is 18.7. The van der Waals surface area contributed by atoms with Gasteiger partial charge in [0.25, 0.3) is 0 Å². The molecule has 0 saturated carbocycles. The number of fused-ring (bicyclic) bond motifs is 3. The first-order valence-electron chi connectivity index (χ1n) is 23.4. The summed E-state index contributed by atoms with van der Waals surface area (Å²) in [5.74, 6) is -10.4. The molecule has 2 aromatic carbocycles. The number of aliphatic carboxylic acids is 3. The summed E-state index contributed by atoms with van der Waals surface area (Å²) in [7, 11) is 0. The predicted octanol–water partition coefficient (Wildman–Crippen LogP) is -0.830. The maximum atomic E-state index is 14.1. The number of aliphatic imine (C=N–C) groups is 1. The Labute approximate surface area is 428 Å². The van der Waals surface area contributed by atoms with Gasteiger partial charge in [-0.05, 0) is 72.8 Å². The van der Waals surface area contributed by atoms with Crippen LogP contribution in [-0.4, -0.2) is 152 Å². The van der Waals surface area contributed by atoms with Gasteiger partial charge in [0.05, 0.1) is 6.33 Å². The molecule has 0 unspecified atom stereocenters. The maximum absolute atomic E-state index is 14.1. The first-order valence-corrected chi connectivity index (χ1v) is 24.8. The average molecular weight is 1050 g/mol. The molecule has 1 aromatic heterocycles. The number of carbonyl (C=O) groups excluding carboxylic acids is 7. The number of aromatic amines is 1. The molecule has 6 atom stereocenters. The van der Waals surface area contributed by atoms with Crippen molar-refractivity contribution >= 4 is 77.2 Å². The van der Waals surface area contributed by atoms with Crippen molar-refractivity contribution in [1.82, 2.24) is 41.9 Å². The molecule has 1 aliphatic rings. The molecule has 7 amide bonds. The van der Waals surface area contributed by atoms with Gasteiger partial charge >= 0.3 is 24.0 Å². The van der Waals surface area contributed by atoms with Crippen LogP contribution in [0.1, 0.15) is 80.5 Å². The normalized spacial score (nSPS) is 13.9. The van der Waals surface area contributed by atoms with E-state index >= 15 is 0 Å². The fourth-order valence-corrected chi connectivity index (χ4v) is 8.34. The minimum absolute atomic E-state index is 0.00311. The lowest BCUT2D eigenvalue weighted by Gasteiger charge is -2.27. The Balaban J connectivity index is 1.51. The Kier molecular flexibility index (Phi) is 23.1. The summed E-state index contributed by atoms with van der Waals surface area (Å²) in [6.45, 7) is -0.151. The Morgan fingerprint density at radius 2 is 1.11 bits per heavy atom. The number of thioether (sulfide) groups is 1. The van der Waals surface area contributed by atoms with E-state index in [2.05, 4.69) is 46.9 Å². The lowest BCUT2D eigenvalue weighted by atomic mass is 9.98. The number of alkyl carbamates (subject to hydrolysis) is 1. The summed E-state index contributed by atoms with van der Waals surface area (Å²) in [5.41, 5.74) is 20.3. The van der Waals surface area contributed by atoms with Crippen molar-refractivity contribution < 1.29 is 68.0 Å². The van der Waals surface area contributed by atoms with Crippen LogP contribution in [0.25, 0.3) is 11.1 Å². The van der Waals surface area contributed by atoms with Gasteiger partial charge < -0.3 is 74.1 Å². The quantitative estimate of drug-likeness (QED) is 0.0206. The van der Waals surface area contributed by atoms with Gasteiger partial charge in [-0.15, -0.1) is 0 Å². The third-order valence-electron chi connectivity index (χ3n) is 11.6. The van der Waals surface area contributed by atoms with Gasteiger partial charge in [0.2, 0.25) is 35.4 Å². The first kappa shape index (κ1) is 58.3. The highest BCUT2D eigenvalue weighted by molar-refractivity contribution is 7.98. The number of amides is 7. The maximum Gasteiger partial charge on any atom is 0.407 e. The second kappa shape index (κ2) is 29.3. The lowest BCUT2D eigenvalue weighted by Crippen LogP contribution is -2.59. The lowest BCUT2D eigenvalue weighted by molar-refractivity contribution is -0.142. The molecule has 26 nitrogen and oxygen atoms in total. The minimum Gasteiger partial charge on any atom is -0.481 e. The average Bonchev–Trinajstić information content (AvgIpc) is 3.99. The molecular formula is C47H62N12O14S. The van der Waals surface area contributed by atoms with Crippen LogP contribution in [0.5, 0.6) is 0 Å². The molecule has 4 rings (SSSR count). The topological polar surface area (TPSA) is 432 Å². The zero-order chi connectivity index (χ0) is 54.3. The summed E-state index contributed by atoms with van der Waals surface area (Å²) in [6, 6.07) is 5.81. The number of H-pyrrole nitrogens is 1. The number of primary amides is 1. The molecule has 0 saturated heterocycles. The fourth-order valence-electron chi connectivity index (χ4n) is 7.87. The van der Waals surface area contributed by atoms with E-state index in [0.29, 0.717) is 5.69 Å². The van der Waals surface area contributed by atoms with Crippen molar-refractivity contribution in [2.45, 2.75) is 106 Å². The molecule has 1 heterocycles. The summed E-state index contributed by atoms with van der Waals surface area (Å²) in [4.78, 5) is 141. The molecule has 3 aromatic rings. The number of benzene rings is 2. The van der Waals surface area contributed by atoms with Gasteiger partial charge in [0.1, 0.15) is 42.9 Å². The van der Waals surface area contributed by atoms with E-state index in [0.717, 1.165) is 22.3 Å². The molecule has 0 radical (unpaired) electrons. The van der Waals surface area contributed by atoms with Gasteiger partial charge in [-0.2, -0.15) is 11.8 Å². The number of aromatic nitrogens is 2. The minimum atomic E-state index is -1.69. The van der Waals surface area contributed by atoms with Crippen molar-refractivity contribution in [1.29, 1.82) is 0 Å². The number of nitrogens with zero attached hydrogens (tertiary/aromatic N) is 2. The number of carbonyl (C=O) groups is 10. The Morgan fingerprint density at radius 1 is 0.649 bits per heavy atom. The molecule has 16 N–H and O–H groups in total. The summed E-state index contributed by atoms with van der Waals surface area (Å²) in [6.07, 6.45) is -0.248. The van der Waals surface area contributed by atoms with Crippen LogP contribution in [0.4, 0.5) is 4.79 Å². The molecule has 74 heavy (non-hydrogen) atoms. The number of nitrogens with one attached hydrogen (secondary N) is 7. The molecule has 0 spiro atoms. The van der Waals surface area contributed by atoms with Gasteiger partial charge in [-0.25, -0.2) is 14.6 Å². The van der Waals surface area contributed by atoms with E-state index < -0.39 is 134 Å². The monoisotopic (exact) mass is 1050 g/mol. The van der Waals surface area contributed by atoms with Crippen molar-refractivity contribution in [3.05, 3.63) is 77.9 Å². The number of nitrogens with two attached hydrogens (primary N) is 3. The van der Waals surface area contributed by atoms with E-state index in [1.807, 2.05) is 48.5 Å². The van der Waals surface area contributed by atoms with Crippen LogP contribution < -0.4 is 49.1 Å². The molecular weight excluding hydrogens is 989 g/mol. The second-order valence-corrected chi connectivity index (χ2v) is 18.0. The predicted molar refractivity (Wildman–Crippen MR) is 267 cm³/mol. The van der Waals surface area contributed by atoms with Crippen molar-refractivity contribution in [2.24, 2.45) is 22.2 Å². The highest BCUT2D eigenvalue weighted by Crippen LogP contribution is 2.44. The Hall–Kier alpha value is -8.23. The van der Waals surface area contributed by atoms with Crippen LogP contribution in [0, 0.1) is 0 Å². The second-order valence-electron chi connectivity index (χ2n) is 17.0. The van der Waals surface area contributed by atoms with E-state index in [-0.39, 0.29) is 56.5 Å². The van der Waals surface area contributed by atoms with Crippen molar-refractivity contribution in [2.75, 3.05) is 25.2 Å². The molecule has 0 aliphatic heterocycles. The third-order valence-corrected chi connectivity index (χ3v) is 12.3. The van der Waals surface area contributed by atoms with Crippen LogP contribution in [0.15, 0.2) is 66.0 Å². The van der Waals surface area contributed by atoms with Gasteiger partial charge in [0.15, 0.2) is 5.96 Å². The molecule has 0 bridgehead atoms. The number of imidazole rings is 1. The van der Waals surface area contributed by atoms with E-state index in [1.54, 1.807) is 6.26 Å². The fraction of sp³-hybridized carbons (Fsp3) is 0.447. The van der Waals surface area contributed by atoms with E-state index in [1.165, 1.54) is 24.3 Å². The number of ether oxygens (including phenoxy) is 1. The number of carboxylic acids is 3. The zero-order valence-electron chi connectivity index (χ0n) is 40.4. The highest BCUT2D eigenvalue weighted by Gasteiger charge is 2.35. The van der Waals surface area contributed by atoms with Gasteiger partial charge in [-0.3, -0.25) is 43.3 Å². The van der Waals surface area contributed by atoms with E-state index in [4.69, 9.17) is 21.9 Å². The summed E-state index contributed by atoms with van der Waals surface area (Å²) in [5, 5.41) is 43.5. The summed E-state index contributed by atoms with van der Waals surface area (Å²) < 4.78 is 5.57. The molecule has 400 valence electrons. The van der Waals surface area contributed by atoms with Gasteiger partial charge in [-0.1, -0.05) is 48.5 Å². The SMILES string of the molecule is CSCC[C@H](NC(=O)[C@H](CCC(=O)O)NC(=O)[C@H](CCC(=O)O)NC(=O)OCC1c2ccccc2-c2ccccc21)C(=O)N[C@@H](CCC(N)=O)C(=O)N[C@@H](CCCN=C(N)N)C(=O)N[C@@H](Cc1cnc[nH]1)C(=O)O. The van der Waals surface area contributed by atoms with Crippen LogP contribution in [-0.2, 0) is 54.3 Å². The van der Waals surface area contributed by atoms with Crippen LogP contribution in [0.2, 0.25) is 0 Å². The van der Waals surface area contributed by atoms with Gasteiger partial charge in [0, 0.05) is 50.0 Å². The smallest absolute Gasteiger partial charge is 0.407 e. The molecule has 1 aliphatic carbocycles. The van der Waals surface area contributed by atoms with E-state index in [9.17, 15) is 63.3 Å². The van der Waals surface area contributed by atoms with Crippen LogP contribution >= 0.6 is 11.8 Å². The summed E-state index contributed by atoms with van der Waals surface area (Å²) >= 11 is 1.26. The Morgan fingerprint density at radius 3 is 1.55 bits per heavy atom. The number of guanidine groups is 1. The molecule has 27 heteroatoms. The zero-order valence-corrected chi connectivity index (χ0v) is 41.2. The van der Waals surface area contributed by atoms with Crippen molar-refractivity contribution in [3.63, 3.8) is 0 Å². The largest absolute Gasteiger partial charge is 0.481 e. The number of hydrogen-bond acceptors (Lipinski definition) is 14. The molecule has 0 fully saturated rings. The Bertz CT molecular complexity index is 2460. The number of hydrogen-bond donors (Lipinski definition) is 13. The standard InChI is InChI=1S/C47H62N12O14S/c1-74-20-18-35(44(69)55-32(12-15-37(48)60)41(66)54-31(11-6-19-52-46(49)50)40(65)58-36(45(70)71)21-25-22-51-24-53-25)57-42(67)33(13-16-38(61)62)56-43(68)34(14-17-39(63)64)59-47(72)73-23-30-28-9-4-2-7-26(28)27-8-3-5-10-29(27)30/h2-5,7-10,22,24,30-36H,6,11-21,23H2,1H3,(H2,48,60)(H,51,53)(H,54,66)(H,55,69)(H,56,68)(H,57,67)(H,58,65)(H,59,72)(H,61,62)(H,63,64)(H,70,71)(H4,49,50,52)/t31-,32-,33-,34-,35-,36-/m0/s1. The number of carboxylic acid groups (broad SMARTS) is 3.